The molecular formula is C19H19BrN2O3S. The zero-order valence-electron chi connectivity index (χ0n) is 14.4. The number of carbonyl (C=O) groups is 1. The van der Waals surface area contributed by atoms with Crippen LogP contribution in [0, 0.1) is 18.3 Å². The molecule has 0 saturated carbocycles. The average Bonchev–Trinajstić information content (AvgIpc) is 2.60. The van der Waals surface area contributed by atoms with Crippen molar-refractivity contribution in [3.05, 3.63) is 58.6 Å². The van der Waals surface area contributed by atoms with Gasteiger partial charge in [0.15, 0.2) is 0 Å². The largest absolute Gasteiger partial charge is 0.325 e. The number of sulfonamides is 1. The highest BCUT2D eigenvalue weighted by atomic mass is 79.9. The van der Waals surface area contributed by atoms with Crippen LogP contribution in [0.3, 0.4) is 0 Å². The van der Waals surface area contributed by atoms with Gasteiger partial charge in [-0.25, -0.2) is 8.42 Å². The highest BCUT2D eigenvalue weighted by Gasteiger charge is 2.28. The topological polar surface area (TPSA) is 75.3 Å². The van der Waals surface area contributed by atoms with Crippen LogP contribution in [0.2, 0.25) is 0 Å². The number of nitrogens with one attached hydrogen (secondary N) is 2. The Balaban J connectivity index is 2.21. The molecule has 7 heteroatoms. The molecule has 0 aliphatic rings. The van der Waals surface area contributed by atoms with E-state index in [0.717, 1.165) is 4.47 Å². The maximum atomic E-state index is 12.6. The van der Waals surface area contributed by atoms with Crippen molar-refractivity contribution in [3.8, 4) is 12.3 Å². The molecule has 0 aliphatic heterocycles. The third-order valence-corrected chi connectivity index (χ3v) is 5.64. The minimum atomic E-state index is -3.84. The number of benzene rings is 2. The molecule has 2 aromatic rings. The Labute approximate surface area is 162 Å². The maximum absolute atomic E-state index is 12.6. The second-order valence-electron chi connectivity index (χ2n) is 6.01. The Bertz CT molecular complexity index is 932. The first-order chi connectivity index (χ1) is 12.2. The first kappa shape index (κ1) is 20.2. The van der Waals surface area contributed by atoms with Crippen molar-refractivity contribution in [2.45, 2.75) is 24.8 Å². The number of amides is 1. The van der Waals surface area contributed by atoms with Gasteiger partial charge in [0.05, 0.1) is 4.90 Å². The van der Waals surface area contributed by atoms with E-state index >= 15 is 0 Å². The first-order valence-electron chi connectivity index (χ1n) is 7.88. The van der Waals surface area contributed by atoms with Crippen molar-refractivity contribution < 1.29 is 13.2 Å². The Morgan fingerprint density at radius 3 is 2.38 bits per heavy atom. The van der Waals surface area contributed by atoms with E-state index < -0.39 is 22.0 Å². The molecular weight excluding hydrogens is 416 g/mol. The highest BCUT2D eigenvalue weighted by molar-refractivity contribution is 9.10. The van der Waals surface area contributed by atoms with E-state index in [2.05, 4.69) is 31.9 Å². The minimum absolute atomic E-state index is 0.0912. The summed E-state index contributed by atoms with van der Waals surface area (Å²) in [4.78, 5) is 12.7. The molecule has 5 nitrogen and oxygen atoms in total. The second kappa shape index (κ2) is 8.49. The van der Waals surface area contributed by atoms with Crippen molar-refractivity contribution in [2.75, 3.05) is 5.32 Å². The Hall–Kier alpha value is -2.14. The molecule has 0 aromatic heterocycles. The van der Waals surface area contributed by atoms with Gasteiger partial charge >= 0.3 is 0 Å². The Morgan fingerprint density at radius 1 is 1.15 bits per heavy atom. The van der Waals surface area contributed by atoms with Crippen molar-refractivity contribution in [1.29, 1.82) is 0 Å². The van der Waals surface area contributed by atoms with Gasteiger partial charge in [-0.05, 0) is 48.4 Å². The molecule has 0 spiro atoms. The number of hydrogen-bond acceptors (Lipinski definition) is 3. The summed E-state index contributed by atoms with van der Waals surface area (Å²) in [5.41, 5.74) is 1.14. The van der Waals surface area contributed by atoms with Gasteiger partial charge in [0.25, 0.3) is 0 Å². The molecule has 26 heavy (non-hydrogen) atoms. The predicted molar refractivity (Wildman–Crippen MR) is 106 cm³/mol. The number of halogens is 1. The van der Waals surface area contributed by atoms with Gasteiger partial charge in [-0.15, -0.1) is 6.42 Å². The Morgan fingerprint density at radius 2 is 1.81 bits per heavy atom. The lowest BCUT2D eigenvalue weighted by Crippen LogP contribution is -2.47. The normalized spacial score (nSPS) is 12.4. The first-order valence-corrected chi connectivity index (χ1v) is 10.2. The van der Waals surface area contributed by atoms with E-state index in [1.807, 2.05) is 0 Å². The number of anilines is 1. The van der Waals surface area contributed by atoms with Crippen LogP contribution in [-0.2, 0) is 14.8 Å². The molecule has 0 unspecified atom stereocenters. The zero-order valence-corrected chi connectivity index (χ0v) is 16.8. The fourth-order valence-corrected chi connectivity index (χ4v) is 3.86. The van der Waals surface area contributed by atoms with Crippen LogP contribution >= 0.6 is 15.9 Å². The van der Waals surface area contributed by atoms with E-state index in [4.69, 9.17) is 6.42 Å². The van der Waals surface area contributed by atoms with E-state index in [0.29, 0.717) is 11.3 Å². The SMILES string of the molecule is C#Cc1cccc(NC(=O)[C@@H](NS(=O)(=O)c2ccc(Br)cc2)C(C)C)c1. The lowest BCUT2D eigenvalue weighted by molar-refractivity contribution is -0.118. The van der Waals surface area contributed by atoms with Crippen LogP contribution in [-0.4, -0.2) is 20.4 Å². The highest BCUT2D eigenvalue weighted by Crippen LogP contribution is 2.17. The monoisotopic (exact) mass is 434 g/mol. The molecule has 0 radical (unpaired) electrons. The molecule has 2 N–H and O–H groups in total. The molecule has 0 fully saturated rings. The summed E-state index contributed by atoms with van der Waals surface area (Å²) in [6.45, 7) is 3.54. The molecule has 0 saturated heterocycles. The van der Waals surface area contributed by atoms with Gasteiger partial charge in [0.2, 0.25) is 15.9 Å². The second-order valence-corrected chi connectivity index (χ2v) is 8.64. The van der Waals surface area contributed by atoms with E-state index in [-0.39, 0.29) is 10.8 Å². The van der Waals surface area contributed by atoms with Crippen LogP contribution in [0.25, 0.3) is 0 Å². The molecule has 0 heterocycles. The smallest absolute Gasteiger partial charge is 0.242 e. The summed E-state index contributed by atoms with van der Waals surface area (Å²) in [6.07, 6.45) is 5.36. The molecule has 2 aromatic carbocycles. The van der Waals surface area contributed by atoms with Crippen molar-refractivity contribution in [2.24, 2.45) is 5.92 Å². The summed E-state index contributed by atoms with van der Waals surface area (Å²) in [7, 11) is -3.84. The molecule has 0 bridgehead atoms. The quantitative estimate of drug-likeness (QED) is 0.684. The summed E-state index contributed by atoms with van der Waals surface area (Å²) in [5.74, 6) is 1.79. The van der Waals surface area contributed by atoms with Gasteiger partial charge < -0.3 is 5.32 Å². The number of hydrogen-bond donors (Lipinski definition) is 2. The maximum Gasteiger partial charge on any atom is 0.242 e. The third-order valence-electron chi connectivity index (χ3n) is 3.65. The summed E-state index contributed by atoms with van der Waals surface area (Å²) < 4.78 is 28.4. The predicted octanol–water partition coefficient (Wildman–Crippen LogP) is 3.37. The fraction of sp³-hybridized carbons (Fsp3) is 0.211. The van der Waals surface area contributed by atoms with Crippen molar-refractivity contribution in [3.63, 3.8) is 0 Å². The van der Waals surface area contributed by atoms with Crippen LogP contribution in [0.1, 0.15) is 19.4 Å². The van der Waals surface area contributed by atoms with Crippen LogP contribution in [0.5, 0.6) is 0 Å². The number of terminal acetylenes is 1. The lowest BCUT2D eigenvalue weighted by Gasteiger charge is -2.21. The van der Waals surface area contributed by atoms with Gasteiger partial charge in [-0.3, -0.25) is 4.79 Å². The average molecular weight is 435 g/mol. The van der Waals surface area contributed by atoms with E-state index in [1.165, 1.54) is 12.1 Å². The standard InChI is InChI=1S/C19H19BrN2O3S/c1-4-14-6-5-7-16(12-14)21-19(23)18(13(2)3)22-26(24,25)17-10-8-15(20)9-11-17/h1,5-13,18,22H,2-3H3,(H,21,23)/t18-/m0/s1. The molecule has 0 aliphatic carbocycles. The van der Waals surface area contributed by atoms with Crippen LogP contribution < -0.4 is 10.0 Å². The van der Waals surface area contributed by atoms with Crippen LogP contribution in [0.4, 0.5) is 5.69 Å². The van der Waals surface area contributed by atoms with Gasteiger partial charge in [-0.2, -0.15) is 4.72 Å². The summed E-state index contributed by atoms with van der Waals surface area (Å²) >= 11 is 3.26. The summed E-state index contributed by atoms with van der Waals surface area (Å²) in [5, 5.41) is 2.71. The molecule has 1 atom stereocenters. The Kier molecular flexibility index (Phi) is 6.59. The van der Waals surface area contributed by atoms with Crippen LogP contribution in [0.15, 0.2) is 57.9 Å². The molecule has 1 amide bonds. The zero-order chi connectivity index (χ0) is 19.3. The summed E-state index contributed by atoms with van der Waals surface area (Å²) in [6, 6.07) is 12.1. The molecule has 2 rings (SSSR count). The van der Waals surface area contributed by atoms with Gasteiger partial charge in [0.1, 0.15) is 6.04 Å². The lowest BCUT2D eigenvalue weighted by atomic mass is 10.0. The van der Waals surface area contributed by atoms with Crippen molar-refractivity contribution in [1.82, 2.24) is 4.72 Å². The van der Waals surface area contributed by atoms with Crippen molar-refractivity contribution >= 4 is 37.5 Å². The molecule has 136 valence electrons. The fourth-order valence-electron chi connectivity index (χ4n) is 2.25. The minimum Gasteiger partial charge on any atom is -0.325 e. The number of rotatable bonds is 6. The van der Waals surface area contributed by atoms with Gasteiger partial charge in [-0.1, -0.05) is 41.8 Å². The third kappa shape index (κ3) is 5.18. The van der Waals surface area contributed by atoms with E-state index in [9.17, 15) is 13.2 Å². The number of carbonyl (C=O) groups excluding carboxylic acids is 1. The van der Waals surface area contributed by atoms with E-state index in [1.54, 1.807) is 50.2 Å². The van der Waals surface area contributed by atoms with Gasteiger partial charge in [0, 0.05) is 15.7 Å².